The number of thioether (sulfide) groups is 2. The van der Waals surface area contributed by atoms with Gasteiger partial charge in [0.05, 0.1) is 9.75 Å². The van der Waals surface area contributed by atoms with Crippen LogP contribution in [0.5, 0.6) is 0 Å². The summed E-state index contributed by atoms with van der Waals surface area (Å²) >= 11 is 6.83. The zero-order valence-corrected chi connectivity index (χ0v) is 13.9. The van der Waals surface area contributed by atoms with Gasteiger partial charge in [0.2, 0.25) is 0 Å². The molecule has 0 saturated carbocycles. The van der Waals surface area contributed by atoms with Gasteiger partial charge in [0, 0.05) is 6.42 Å². The Kier molecular flexibility index (Phi) is 3.84. The zero-order chi connectivity index (χ0) is 13.4. The second-order valence-electron chi connectivity index (χ2n) is 3.89. The van der Waals surface area contributed by atoms with E-state index >= 15 is 0 Å². The summed E-state index contributed by atoms with van der Waals surface area (Å²) in [7, 11) is 0. The van der Waals surface area contributed by atoms with Crippen molar-refractivity contribution in [2.75, 3.05) is 17.8 Å². The lowest BCUT2D eigenvalue weighted by atomic mass is 10.3. The molecule has 1 aliphatic heterocycles. The zero-order valence-electron chi connectivity index (χ0n) is 10.7. The van der Waals surface area contributed by atoms with Crippen LogP contribution >= 0.6 is 46.2 Å². The van der Waals surface area contributed by atoms with Crippen LogP contribution in [0.25, 0.3) is 0 Å². The first-order chi connectivity index (χ1) is 9.19. The normalized spacial score (nSPS) is 16.7. The van der Waals surface area contributed by atoms with E-state index in [1.807, 2.05) is 13.2 Å². The molecule has 1 aliphatic rings. The highest BCUT2D eigenvalue weighted by molar-refractivity contribution is 8.00. The van der Waals surface area contributed by atoms with Crippen molar-refractivity contribution >= 4 is 63.7 Å². The van der Waals surface area contributed by atoms with Gasteiger partial charge >= 0.3 is 0 Å². The van der Waals surface area contributed by atoms with Gasteiger partial charge in [-0.1, -0.05) is 23.5 Å². The molecule has 0 spiro atoms. The maximum Gasteiger partial charge on any atom is 0.169 e. The van der Waals surface area contributed by atoms with Gasteiger partial charge in [0.15, 0.2) is 14.5 Å². The molecule has 0 unspecified atom stereocenters. The Bertz CT molecular complexity index is 643. The molecule has 0 saturated heterocycles. The van der Waals surface area contributed by atoms with Crippen LogP contribution in [0.4, 0.5) is 11.6 Å². The average molecular weight is 329 g/mol. The number of thiazole rings is 2. The molecule has 0 aliphatic carbocycles. The molecule has 4 nitrogen and oxygen atoms in total. The summed E-state index contributed by atoms with van der Waals surface area (Å²) < 4.78 is 2.16. The van der Waals surface area contributed by atoms with Crippen LogP contribution < -0.4 is 5.32 Å². The van der Waals surface area contributed by atoms with Gasteiger partial charge in [-0.25, -0.2) is 15.0 Å². The fourth-order valence-corrected chi connectivity index (χ4v) is 4.97. The molecule has 0 amide bonds. The van der Waals surface area contributed by atoms with Crippen molar-refractivity contribution in [2.45, 2.75) is 22.0 Å². The Balaban J connectivity index is 2.08. The molecule has 1 N–H and O–H groups in total. The summed E-state index contributed by atoms with van der Waals surface area (Å²) in [5, 5.41) is 3.28. The van der Waals surface area contributed by atoms with Crippen molar-refractivity contribution in [1.82, 2.24) is 9.97 Å². The van der Waals surface area contributed by atoms with E-state index in [0.29, 0.717) is 0 Å². The van der Waals surface area contributed by atoms with Gasteiger partial charge in [0.1, 0.15) is 11.7 Å². The van der Waals surface area contributed by atoms with Gasteiger partial charge < -0.3 is 5.32 Å². The third-order valence-electron chi connectivity index (χ3n) is 2.58. The molecule has 100 valence electrons. The first-order valence-electron chi connectivity index (χ1n) is 5.59. The van der Waals surface area contributed by atoms with Gasteiger partial charge in [-0.2, -0.15) is 0 Å². The molecular weight excluding hydrogens is 316 g/mol. The molecule has 2 aromatic rings. The number of aliphatic imine (C=N–C) groups is 1. The lowest BCUT2D eigenvalue weighted by molar-refractivity contribution is 1.15. The fraction of sp³-hybridized carbons (Fsp3) is 0.364. The SMILES string of the molecule is CSc1nc2c(s1)Cc1sc(SC)nc1N/C(C)=N\2. The highest BCUT2D eigenvalue weighted by Gasteiger charge is 2.19. The summed E-state index contributed by atoms with van der Waals surface area (Å²) in [6.07, 6.45) is 4.96. The molecule has 0 radical (unpaired) electrons. The van der Waals surface area contributed by atoms with E-state index in [4.69, 9.17) is 0 Å². The molecule has 2 aromatic heterocycles. The molecule has 19 heavy (non-hydrogen) atoms. The number of hydrogen-bond donors (Lipinski definition) is 1. The van der Waals surface area contributed by atoms with Gasteiger partial charge in [-0.15, -0.1) is 22.7 Å². The predicted octanol–water partition coefficient (Wildman–Crippen LogP) is 4.11. The molecule has 3 rings (SSSR count). The average Bonchev–Trinajstić information content (AvgIpc) is 2.93. The minimum atomic E-state index is 0.845. The number of amidine groups is 1. The van der Waals surface area contributed by atoms with Crippen molar-refractivity contribution in [1.29, 1.82) is 0 Å². The van der Waals surface area contributed by atoms with Crippen molar-refractivity contribution in [3.63, 3.8) is 0 Å². The van der Waals surface area contributed by atoms with Gasteiger partial charge in [-0.3, -0.25) is 0 Å². The Hall–Kier alpha value is -0.570. The van der Waals surface area contributed by atoms with E-state index in [-0.39, 0.29) is 0 Å². The summed E-state index contributed by atoms with van der Waals surface area (Å²) in [4.78, 5) is 16.2. The number of nitrogens with zero attached hydrogens (tertiary/aromatic N) is 3. The van der Waals surface area contributed by atoms with Crippen LogP contribution in [0.15, 0.2) is 13.7 Å². The molecule has 0 atom stereocenters. The monoisotopic (exact) mass is 328 g/mol. The van der Waals surface area contributed by atoms with E-state index in [9.17, 15) is 0 Å². The predicted molar refractivity (Wildman–Crippen MR) is 87.0 cm³/mol. The van der Waals surface area contributed by atoms with E-state index in [0.717, 1.165) is 32.6 Å². The summed E-state index contributed by atoms with van der Waals surface area (Å²) in [6, 6.07) is 0. The molecule has 8 heteroatoms. The van der Waals surface area contributed by atoms with Crippen molar-refractivity contribution < 1.29 is 0 Å². The van der Waals surface area contributed by atoms with E-state index < -0.39 is 0 Å². The smallest absolute Gasteiger partial charge is 0.169 e. The maximum atomic E-state index is 4.59. The van der Waals surface area contributed by atoms with Crippen molar-refractivity contribution in [2.24, 2.45) is 4.99 Å². The summed E-state index contributed by atoms with van der Waals surface area (Å²) in [5.41, 5.74) is 0. The van der Waals surface area contributed by atoms with Crippen molar-refractivity contribution in [3.05, 3.63) is 9.75 Å². The Labute approximate surface area is 128 Å². The maximum absolute atomic E-state index is 4.59. The topological polar surface area (TPSA) is 50.2 Å². The number of anilines is 1. The first kappa shape index (κ1) is 13.4. The summed E-state index contributed by atoms with van der Waals surface area (Å²) in [5.74, 6) is 2.64. The molecule has 0 bridgehead atoms. The minimum Gasteiger partial charge on any atom is -0.328 e. The Morgan fingerprint density at radius 3 is 2.47 bits per heavy atom. The van der Waals surface area contributed by atoms with Crippen molar-refractivity contribution in [3.8, 4) is 0 Å². The minimum absolute atomic E-state index is 0.845. The number of hydrogen-bond acceptors (Lipinski definition) is 8. The first-order valence-corrected chi connectivity index (χ1v) is 9.67. The van der Waals surface area contributed by atoms with Crippen LogP contribution in [-0.2, 0) is 6.42 Å². The van der Waals surface area contributed by atoms with E-state index in [2.05, 4.69) is 26.5 Å². The van der Waals surface area contributed by atoms with Gasteiger partial charge in [0.25, 0.3) is 0 Å². The standard InChI is InChI=1S/C11H12N4S4/c1-5-12-8-6(18-10(14-8)16-2)4-7-9(13-5)15-11(17-3)19-7/h4H2,1-3H3,(H,12,13). The lowest BCUT2D eigenvalue weighted by Crippen LogP contribution is -2.10. The molecule has 3 heterocycles. The fourth-order valence-electron chi connectivity index (χ4n) is 1.75. The van der Waals surface area contributed by atoms with Crippen LogP contribution in [0.1, 0.15) is 16.7 Å². The molecule has 0 fully saturated rings. The van der Waals surface area contributed by atoms with E-state index in [1.54, 1.807) is 46.2 Å². The van der Waals surface area contributed by atoms with Gasteiger partial charge in [-0.05, 0) is 19.4 Å². The van der Waals surface area contributed by atoms with Crippen LogP contribution in [-0.4, -0.2) is 28.3 Å². The second-order valence-corrected chi connectivity index (χ2v) is 8.16. The highest BCUT2D eigenvalue weighted by Crippen LogP contribution is 2.38. The lowest BCUT2D eigenvalue weighted by Gasteiger charge is -2.08. The summed E-state index contributed by atoms with van der Waals surface area (Å²) in [6.45, 7) is 1.95. The molecular formula is C11H12N4S4. The Morgan fingerprint density at radius 2 is 1.74 bits per heavy atom. The highest BCUT2D eigenvalue weighted by atomic mass is 32.2. The second kappa shape index (κ2) is 5.43. The van der Waals surface area contributed by atoms with Crippen LogP contribution in [0.2, 0.25) is 0 Å². The largest absolute Gasteiger partial charge is 0.328 e. The number of aromatic nitrogens is 2. The third kappa shape index (κ3) is 2.67. The quantitative estimate of drug-likeness (QED) is 0.841. The number of nitrogens with one attached hydrogen (secondary N) is 1. The third-order valence-corrected chi connectivity index (χ3v) is 6.65. The van der Waals surface area contributed by atoms with Crippen LogP contribution in [0, 0.1) is 0 Å². The van der Waals surface area contributed by atoms with E-state index in [1.165, 1.54) is 9.75 Å². The Morgan fingerprint density at radius 1 is 1.05 bits per heavy atom. The molecule has 0 aromatic carbocycles. The number of rotatable bonds is 2. The van der Waals surface area contributed by atoms with Crippen LogP contribution in [0.3, 0.4) is 0 Å². The number of fused-ring (bicyclic) bond motifs is 2.